The highest BCUT2D eigenvalue weighted by atomic mass is 16.3. The summed E-state index contributed by atoms with van der Waals surface area (Å²) < 4.78 is 0. The van der Waals surface area contributed by atoms with Crippen LogP contribution in [0.15, 0.2) is 48.6 Å². The molecule has 1 amide bonds. The number of carbonyl (C=O) groups excluding carboxylic acids is 1. The van der Waals surface area contributed by atoms with Gasteiger partial charge in [0.15, 0.2) is 0 Å². The maximum atomic E-state index is 12.4. The lowest BCUT2D eigenvalue weighted by Gasteiger charge is -2.19. The van der Waals surface area contributed by atoms with Crippen LogP contribution in [-0.4, -0.2) is 34.9 Å². The smallest absolute Gasteiger partial charge is 0.220 e. The highest BCUT2D eigenvalue weighted by molar-refractivity contribution is 5.76. The Labute approximate surface area is 363 Å². The van der Waals surface area contributed by atoms with Crippen LogP contribution < -0.4 is 5.32 Å². The predicted octanol–water partition coefficient (Wildman–Crippen LogP) is 16.7. The zero-order chi connectivity index (χ0) is 42.1. The molecule has 0 saturated heterocycles. The minimum Gasteiger partial charge on any atom is -0.394 e. The van der Waals surface area contributed by atoms with Gasteiger partial charge < -0.3 is 15.5 Å². The van der Waals surface area contributed by atoms with Gasteiger partial charge in [0.25, 0.3) is 0 Å². The fraction of sp³-hybridized carbons (Fsp3) is 0.833. The van der Waals surface area contributed by atoms with Crippen LogP contribution in [0.4, 0.5) is 0 Å². The van der Waals surface area contributed by atoms with E-state index in [-0.39, 0.29) is 12.5 Å². The number of allylic oxidation sites excluding steroid dienone is 7. The third kappa shape index (κ3) is 45.4. The summed E-state index contributed by atoms with van der Waals surface area (Å²) in [6.45, 7) is 4.29. The Morgan fingerprint density at radius 1 is 0.397 bits per heavy atom. The minimum absolute atomic E-state index is 0.0764. The van der Waals surface area contributed by atoms with Crippen LogP contribution in [0, 0.1) is 0 Å². The van der Waals surface area contributed by atoms with E-state index in [1.54, 1.807) is 6.08 Å². The van der Waals surface area contributed by atoms with E-state index >= 15 is 0 Å². The number of aliphatic hydroxyl groups is 2. The second-order valence-electron chi connectivity index (χ2n) is 17.6. The van der Waals surface area contributed by atoms with Crippen molar-refractivity contribution in [2.24, 2.45) is 0 Å². The summed E-state index contributed by atoms with van der Waals surface area (Å²) in [7, 11) is 0. The molecule has 0 heterocycles. The molecule has 0 aliphatic carbocycles. The van der Waals surface area contributed by atoms with Gasteiger partial charge >= 0.3 is 0 Å². The highest BCUT2D eigenvalue weighted by Gasteiger charge is 2.17. The molecule has 0 saturated carbocycles. The molecule has 0 fully saturated rings. The molecule has 0 aliphatic heterocycles. The molecule has 4 heteroatoms. The lowest BCUT2D eigenvalue weighted by molar-refractivity contribution is -0.123. The Morgan fingerprint density at radius 2 is 0.672 bits per heavy atom. The van der Waals surface area contributed by atoms with Crippen molar-refractivity contribution < 1.29 is 15.0 Å². The van der Waals surface area contributed by atoms with Gasteiger partial charge in [-0.25, -0.2) is 0 Å². The van der Waals surface area contributed by atoms with Crippen molar-refractivity contribution in [3.63, 3.8) is 0 Å². The summed E-state index contributed by atoms with van der Waals surface area (Å²) in [5, 5.41) is 23.0. The molecule has 0 aromatic carbocycles. The van der Waals surface area contributed by atoms with Crippen LogP contribution >= 0.6 is 0 Å². The van der Waals surface area contributed by atoms with Crippen molar-refractivity contribution in [2.75, 3.05) is 6.61 Å². The van der Waals surface area contributed by atoms with Crippen molar-refractivity contribution in [2.45, 2.75) is 283 Å². The molecule has 0 radical (unpaired) electrons. The SMILES string of the molecule is CCCCCCC/C=C/CC/C=C/CC/C=C/C(O)C(CO)NC(=O)CCCCCCCCCCCCCCCCC/C=C\CCCCCCCCCCCCCC. The van der Waals surface area contributed by atoms with Crippen molar-refractivity contribution in [3.05, 3.63) is 48.6 Å². The van der Waals surface area contributed by atoms with E-state index in [1.165, 1.54) is 212 Å². The zero-order valence-corrected chi connectivity index (χ0v) is 39.1. The standard InChI is InChI=1S/C54H101NO3/c1-3-5-7-9-11-13-15-17-19-20-21-22-23-24-25-26-27-28-29-30-31-32-33-34-36-38-40-42-44-46-48-50-54(58)55-52(51-56)53(57)49-47-45-43-41-39-37-35-18-16-14-12-10-8-6-4-2/h16,18,24-25,39,41,47,49,52-53,56-57H,3-15,17,19-23,26-38,40,42-46,48,50-51H2,1-2H3,(H,55,58)/b18-16+,25-24-,41-39+,49-47+. The molecular formula is C54H101NO3. The Morgan fingerprint density at radius 3 is 1.00 bits per heavy atom. The summed E-state index contributed by atoms with van der Waals surface area (Å²) in [6, 6.07) is -0.645. The van der Waals surface area contributed by atoms with Crippen molar-refractivity contribution >= 4 is 5.91 Å². The first kappa shape index (κ1) is 56.4. The minimum atomic E-state index is -0.869. The third-order valence-electron chi connectivity index (χ3n) is 11.8. The van der Waals surface area contributed by atoms with Crippen molar-refractivity contribution in [1.29, 1.82) is 0 Å². The van der Waals surface area contributed by atoms with E-state index < -0.39 is 12.1 Å². The van der Waals surface area contributed by atoms with Crippen molar-refractivity contribution in [3.8, 4) is 0 Å². The van der Waals surface area contributed by atoms with E-state index in [4.69, 9.17) is 0 Å². The monoisotopic (exact) mass is 812 g/mol. The number of hydrogen-bond donors (Lipinski definition) is 3. The normalized spacial score (nSPS) is 13.2. The van der Waals surface area contributed by atoms with Crippen LogP contribution in [-0.2, 0) is 4.79 Å². The molecule has 2 unspecified atom stereocenters. The lowest BCUT2D eigenvalue weighted by atomic mass is 10.0. The first-order valence-corrected chi connectivity index (χ1v) is 25.9. The van der Waals surface area contributed by atoms with Gasteiger partial charge in [-0.05, 0) is 70.6 Å². The number of unbranched alkanes of at least 4 members (excludes halogenated alkanes) is 34. The van der Waals surface area contributed by atoms with Crippen LogP contribution in [0.2, 0.25) is 0 Å². The van der Waals surface area contributed by atoms with Gasteiger partial charge in [-0.1, -0.05) is 242 Å². The van der Waals surface area contributed by atoms with Crippen LogP contribution in [0.25, 0.3) is 0 Å². The number of nitrogens with one attached hydrogen (secondary N) is 1. The topological polar surface area (TPSA) is 69.6 Å². The molecule has 0 aromatic rings. The average molecular weight is 812 g/mol. The van der Waals surface area contributed by atoms with Gasteiger partial charge in [0.2, 0.25) is 5.91 Å². The van der Waals surface area contributed by atoms with Gasteiger partial charge in [-0.2, -0.15) is 0 Å². The first-order valence-electron chi connectivity index (χ1n) is 25.9. The van der Waals surface area contributed by atoms with Crippen molar-refractivity contribution in [1.82, 2.24) is 5.32 Å². The van der Waals surface area contributed by atoms with Gasteiger partial charge in [0.05, 0.1) is 18.8 Å². The van der Waals surface area contributed by atoms with Crippen LogP contribution in [0.3, 0.4) is 0 Å². The Hall–Kier alpha value is -1.65. The molecule has 2 atom stereocenters. The molecule has 4 nitrogen and oxygen atoms in total. The average Bonchev–Trinajstić information content (AvgIpc) is 3.23. The molecule has 0 aliphatic rings. The highest BCUT2D eigenvalue weighted by Crippen LogP contribution is 2.16. The summed E-state index contributed by atoms with van der Waals surface area (Å²) in [4.78, 5) is 12.4. The van der Waals surface area contributed by atoms with E-state index in [0.717, 1.165) is 38.5 Å². The van der Waals surface area contributed by atoms with E-state index in [1.807, 2.05) is 6.08 Å². The largest absolute Gasteiger partial charge is 0.394 e. The number of hydrogen-bond acceptors (Lipinski definition) is 3. The van der Waals surface area contributed by atoms with Gasteiger partial charge in [0.1, 0.15) is 0 Å². The van der Waals surface area contributed by atoms with Crippen LogP contribution in [0.1, 0.15) is 271 Å². The summed E-state index contributed by atoms with van der Waals surface area (Å²) in [6.07, 6.45) is 68.3. The number of amides is 1. The second-order valence-corrected chi connectivity index (χ2v) is 17.6. The maximum Gasteiger partial charge on any atom is 0.220 e. The Balaban J connectivity index is 3.49. The van der Waals surface area contributed by atoms with E-state index in [2.05, 4.69) is 55.6 Å². The number of aliphatic hydroxyl groups excluding tert-OH is 2. The molecule has 58 heavy (non-hydrogen) atoms. The lowest BCUT2D eigenvalue weighted by Crippen LogP contribution is -2.45. The molecule has 0 spiro atoms. The van der Waals surface area contributed by atoms with Gasteiger partial charge in [-0.15, -0.1) is 0 Å². The molecule has 0 bridgehead atoms. The second kappa shape index (κ2) is 49.7. The predicted molar refractivity (Wildman–Crippen MR) is 258 cm³/mol. The van der Waals surface area contributed by atoms with Crippen LogP contribution in [0.5, 0.6) is 0 Å². The fourth-order valence-electron chi connectivity index (χ4n) is 7.79. The van der Waals surface area contributed by atoms with E-state index in [9.17, 15) is 15.0 Å². The molecule has 340 valence electrons. The van der Waals surface area contributed by atoms with Gasteiger partial charge in [-0.3, -0.25) is 4.79 Å². The third-order valence-corrected chi connectivity index (χ3v) is 11.8. The van der Waals surface area contributed by atoms with Gasteiger partial charge in [0, 0.05) is 6.42 Å². The maximum absolute atomic E-state index is 12.4. The quantitative estimate of drug-likeness (QED) is 0.0423. The Kier molecular flexibility index (Phi) is 48.3. The Bertz CT molecular complexity index is 923. The number of rotatable bonds is 47. The fourth-order valence-corrected chi connectivity index (χ4v) is 7.79. The molecule has 3 N–H and O–H groups in total. The summed E-state index contributed by atoms with van der Waals surface area (Å²) in [5.74, 6) is -0.0764. The molecule has 0 rings (SSSR count). The zero-order valence-electron chi connectivity index (χ0n) is 39.1. The summed E-state index contributed by atoms with van der Waals surface area (Å²) in [5.41, 5.74) is 0. The summed E-state index contributed by atoms with van der Waals surface area (Å²) >= 11 is 0. The molecular weight excluding hydrogens is 711 g/mol. The first-order chi connectivity index (χ1) is 28.7. The van der Waals surface area contributed by atoms with E-state index in [0.29, 0.717) is 6.42 Å². The number of carbonyl (C=O) groups is 1. The molecule has 0 aromatic heterocycles.